The van der Waals surface area contributed by atoms with Crippen molar-refractivity contribution >= 4 is 11.7 Å². The first-order valence-corrected chi connectivity index (χ1v) is 3.89. The van der Waals surface area contributed by atoms with Crippen molar-refractivity contribution in [3.05, 3.63) is 23.5 Å². The van der Waals surface area contributed by atoms with Gasteiger partial charge in [0.15, 0.2) is 11.6 Å². The highest BCUT2D eigenvalue weighted by Gasteiger charge is 2.14. The fourth-order valence-corrected chi connectivity index (χ4v) is 1.13. The van der Waals surface area contributed by atoms with Crippen molar-refractivity contribution in [2.45, 2.75) is 6.42 Å². The lowest BCUT2D eigenvalue weighted by atomic mass is 10.1. The smallest absolute Gasteiger partial charge is 0.307 e. The number of rotatable bonds is 3. The number of carbonyl (C=O) groups is 1. The summed E-state index contributed by atoms with van der Waals surface area (Å²) in [7, 11) is 1.27. The quantitative estimate of drug-likeness (QED) is 0.713. The fraction of sp³-hybridized carbons (Fsp3) is 0.222. The number of ether oxygens (including phenoxy) is 1. The molecule has 0 bridgehead atoms. The summed E-state index contributed by atoms with van der Waals surface area (Å²) in [5, 5.41) is 8.54. The van der Waals surface area contributed by atoms with Crippen LogP contribution in [0.2, 0.25) is 0 Å². The van der Waals surface area contributed by atoms with E-state index < -0.39 is 11.8 Å². The van der Waals surface area contributed by atoms with Crippen LogP contribution in [0.15, 0.2) is 12.1 Å². The Kier molecular flexibility index (Phi) is 2.91. The molecule has 0 atom stereocenters. The van der Waals surface area contributed by atoms with Crippen LogP contribution in [-0.2, 0) is 11.2 Å². The maximum atomic E-state index is 13.3. The van der Waals surface area contributed by atoms with Crippen LogP contribution in [0.3, 0.4) is 0 Å². The Morgan fingerprint density at radius 3 is 2.79 bits per heavy atom. The molecule has 0 radical (unpaired) electrons. The van der Waals surface area contributed by atoms with Gasteiger partial charge in [-0.25, -0.2) is 4.39 Å². The van der Waals surface area contributed by atoms with Crippen LogP contribution >= 0.6 is 0 Å². The normalized spacial score (nSPS) is 9.86. The number of nitrogen functional groups attached to an aromatic ring is 1. The minimum Gasteiger partial charge on any atom is -0.493 e. The molecule has 0 saturated heterocycles. The largest absolute Gasteiger partial charge is 0.493 e. The SMILES string of the molecule is COc1c(CC(=O)O)ccc(N)c1F. The van der Waals surface area contributed by atoms with Gasteiger partial charge < -0.3 is 15.6 Å². The monoisotopic (exact) mass is 199 g/mol. The van der Waals surface area contributed by atoms with Crippen LogP contribution in [0, 0.1) is 5.82 Å². The van der Waals surface area contributed by atoms with Gasteiger partial charge in [0, 0.05) is 5.56 Å². The van der Waals surface area contributed by atoms with E-state index in [0.717, 1.165) is 0 Å². The van der Waals surface area contributed by atoms with Gasteiger partial charge in [0.25, 0.3) is 0 Å². The second-order valence-corrected chi connectivity index (χ2v) is 2.73. The summed E-state index contributed by atoms with van der Waals surface area (Å²) in [6, 6.07) is 2.75. The maximum absolute atomic E-state index is 13.3. The molecule has 4 nitrogen and oxygen atoms in total. The number of hydrogen-bond acceptors (Lipinski definition) is 3. The molecule has 3 N–H and O–H groups in total. The van der Waals surface area contributed by atoms with Gasteiger partial charge in [-0.1, -0.05) is 6.07 Å². The van der Waals surface area contributed by atoms with Gasteiger partial charge in [-0.2, -0.15) is 0 Å². The molecular weight excluding hydrogens is 189 g/mol. The highest BCUT2D eigenvalue weighted by atomic mass is 19.1. The van der Waals surface area contributed by atoms with Crippen LogP contribution in [0.1, 0.15) is 5.56 Å². The van der Waals surface area contributed by atoms with Crippen LogP contribution in [0.4, 0.5) is 10.1 Å². The van der Waals surface area contributed by atoms with Gasteiger partial charge in [-0.3, -0.25) is 4.79 Å². The zero-order valence-electron chi connectivity index (χ0n) is 7.58. The number of methoxy groups -OCH3 is 1. The highest BCUT2D eigenvalue weighted by molar-refractivity contribution is 5.72. The predicted octanol–water partition coefficient (Wildman–Crippen LogP) is 1.04. The molecule has 0 aliphatic heterocycles. The molecule has 1 rings (SSSR count). The van der Waals surface area contributed by atoms with E-state index in [1.165, 1.54) is 19.2 Å². The van der Waals surface area contributed by atoms with Gasteiger partial charge >= 0.3 is 5.97 Å². The van der Waals surface area contributed by atoms with E-state index >= 15 is 0 Å². The van der Waals surface area contributed by atoms with Crippen molar-refractivity contribution < 1.29 is 19.0 Å². The lowest BCUT2D eigenvalue weighted by Gasteiger charge is -2.08. The molecule has 1 aromatic carbocycles. The summed E-state index contributed by atoms with van der Waals surface area (Å²) in [6.45, 7) is 0. The van der Waals surface area contributed by atoms with Gasteiger partial charge in [0.2, 0.25) is 0 Å². The number of carboxylic acid groups (broad SMARTS) is 1. The Morgan fingerprint density at radius 1 is 1.64 bits per heavy atom. The molecule has 0 heterocycles. The molecular formula is C9H10FNO3. The summed E-state index contributed by atoms with van der Waals surface area (Å²) in [5.41, 5.74) is 5.50. The number of aliphatic carboxylic acids is 1. The summed E-state index contributed by atoms with van der Waals surface area (Å²) < 4.78 is 18.0. The zero-order valence-corrected chi connectivity index (χ0v) is 7.58. The molecule has 0 aromatic heterocycles. The third kappa shape index (κ3) is 1.93. The van der Waals surface area contributed by atoms with Gasteiger partial charge in [0.05, 0.1) is 19.2 Å². The third-order valence-electron chi connectivity index (χ3n) is 1.75. The molecule has 0 amide bonds. The molecule has 5 heteroatoms. The zero-order chi connectivity index (χ0) is 10.7. The first-order chi connectivity index (χ1) is 6.56. The molecule has 76 valence electrons. The van der Waals surface area contributed by atoms with Gasteiger partial charge in [0.1, 0.15) is 0 Å². The number of benzene rings is 1. The Balaban J connectivity index is 3.17. The minimum atomic E-state index is -1.05. The van der Waals surface area contributed by atoms with E-state index in [-0.39, 0.29) is 23.4 Å². The van der Waals surface area contributed by atoms with Crippen molar-refractivity contribution in [1.82, 2.24) is 0 Å². The van der Waals surface area contributed by atoms with E-state index in [0.29, 0.717) is 0 Å². The molecule has 0 saturated carbocycles. The van der Waals surface area contributed by atoms with E-state index in [2.05, 4.69) is 0 Å². The van der Waals surface area contributed by atoms with Crippen LogP contribution in [-0.4, -0.2) is 18.2 Å². The fourth-order valence-electron chi connectivity index (χ4n) is 1.13. The molecule has 14 heavy (non-hydrogen) atoms. The topological polar surface area (TPSA) is 72.5 Å². The number of hydrogen-bond donors (Lipinski definition) is 2. The van der Waals surface area contributed by atoms with E-state index in [1.807, 2.05) is 0 Å². The van der Waals surface area contributed by atoms with Crippen LogP contribution in [0.5, 0.6) is 5.75 Å². The minimum absolute atomic E-state index is 0.0593. The highest BCUT2D eigenvalue weighted by Crippen LogP contribution is 2.27. The third-order valence-corrected chi connectivity index (χ3v) is 1.75. The van der Waals surface area contributed by atoms with Gasteiger partial charge in [-0.15, -0.1) is 0 Å². The Labute approximate surface area is 80.1 Å². The van der Waals surface area contributed by atoms with Crippen LogP contribution in [0.25, 0.3) is 0 Å². The molecule has 0 fully saturated rings. The first kappa shape index (κ1) is 10.3. The molecule has 1 aromatic rings. The number of carboxylic acids is 1. The Hall–Kier alpha value is -1.78. The number of anilines is 1. The average Bonchev–Trinajstić information content (AvgIpc) is 2.11. The second kappa shape index (κ2) is 3.95. The van der Waals surface area contributed by atoms with E-state index in [4.69, 9.17) is 15.6 Å². The van der Waals surface area contributed by atoms with Crippen molar-refractivity contribution in [2.24, 2.45) is 0 Å². The molecule has 0 spiro atoms. The van der Waals surface area contributed by atoms with Crippen molar-refractivity contribution in [3.63, 3.8) is 0 Å². The predicted molar refractivity (Wildman–Crippen MR) is 48.7 cm³/mol. The number of nitrogens with two attached hydrogens (primary N) is 1. The van der Waals surface area contributed by atoms with Gasteiger partial charge in [-0.05, 0) is 6.07 Å². The summed E-state index contributed by atoms with van der Waals surface area (Å²) in [5.74, 6) is -1.87. The van der Waals surface area contributed by atoms with E-state index in [1.54, 1.807) is 0 Å². The molecule has 0 aliphatic carbocycles. The van der Waals surface area contributed by atoms with Crippen molar-refractivity contribution in [1.29, 1.82) is 0 Å². The van der Waals surface area contributed by atoms with Crippen molar-refractivity contribution in [2.75, 3.05) is 12.8 Å². The Morgan fingerprint density at radius 2 is 2.29 bits per heavy atom. The lowest BCUT2D eigenvalue weighted by molar-refractivity contribution is -0.136. The number of halogens is 1. The van der Waals surface area contributed by atoms with E-state index in [9.17, 15) is 9.18 Å². The Bertz CT molecular complexity index is 365. The standard InChI is InChI=1S/C9H10FNO3/c1-14-9-5(4-7(12)13)2-3-6(11)8(9)10/h2-3H,4,11H2,1H3,(H,12,13). The summed E-state index contributed by atoms with van der Waals surface area (Å²) in [4.78, 5) is 10.4. The maximum Gasteiger partial charge on any atom is 0.307 e. The van der Waals surface area contributed by atoms with Crippen LogP contribution < -0.4 is 10.5 Å². The lowest BCUT2D eigenvalue weighted by Crippen LogP contribution is -2.05. The summed E-state index contributed by atoms with van der Waals surface area (Å²) in [6.07, 6.45) is -0.291. The van der Waals surface area contributed by atoms with Crippen molar-refractivity contribution in [3.8, 4) is 5.75 Å². The average molecular weight is 199 g/mol. The first-order valence-electron chi connectivity index (χ1n) is 3.89. The molecule has 0 aliphatic rings. The molecule has 0 unspecified atom stereocenters. The summed E-state index contributed by atoms with van der Waals surface area (Å²) >= 11 is 0. The second-order valence-electron chi connectivity index (χ2n) is 2.73.